The lowest BCUT2D eigenvalue weighted by atomic mass is 10.0. The Hall–Kier alpha value is -4.15. The van der Waals surface area contributed by atoms with Crippen molar-refractivity contribution in [2.24, 2.45) is 23.7 Å². The Morgan fingerprint density at radius 1 is 0.816 bits per heavy atom. The molecule has 0 radical (unpaired) electrons. The molecule has 266 valence electrons. The van der Waals surface area contributed by atoms with Crippen molar-refractivity contribution in [3.63, 3.8) is 0 Å². The van der Waals surface area contributed by atoms with E-state index in [0.717, 1.165) is 68.1 Å². The van der Waals surface area contributed by atoms with E-state index in [2.05, 4.69) is 67.2 Å². The summed E-state index contributed by atoms with van der Waals surface area (Å²) in [6.07, 6.45) is 9.01. The van der Waals surface area contributed by atoms with Crippen LogP contribution in [0.15, 0.2) is 36.7 Å². The van der Waals surface area contributed by atoms with Crippen LogP contribution in [0.1, 0.15) is 107 Å². The molecule has 11 nitrogen and oxygen atoms in total. The summed E-state index contributed by atoms with van der Waals surface area (Å²) in [6, 6.07) is 8.02. The number of likely N-dealkylation sites (tertiary alicyclic amines) is 2. The summed E-state index contributed by atoms with van der Waals surface area (Å²) in [5, 5.41) is 2.72. The van der Waals surface area contributed by atoms with Gasteiger partial charge >= 0.3 is 6.09 Å². The Morgan fingerprint density at radius 2 is 1.31 bits per heavy atom. The topological polar surface area (TPSA) is 136 Å². The predicted octanol–water partition coefficient (Wildman–Crippen LogP) is 5.95. The number of aromatic nitrogens is 4. The highest BCUT2D eigenvalue weighted by Gasteiger charge is 2.40. The summed E-state index contributed by atoms with van der Waals surface area (Å²) in [5.41, 5.74) is 4.66. The molecule has 0 aliphatic carbocycles. The molecule has 2 fully saturated rings. The summed E-state index contributed by atoms with van der Waals surface area (Å²) in [5.74, 6) is 2.89. The summed E-state index contributed by atoms with van der Waals surface area (Å²) >= 11 is 0. The lowest BCUT2D eigenvalue weighted by Crippen LogP contribution is -2.51. The zero-order valence-electron chi connectivity index (χ0n) is 30.3. The molecule has 5 atom stereocenters. The van der Waals surface area contributed by atoms with Gasteiger partial charge in [0.2, 0.25) is 11.8 Å². The van der Waals surface area contributed by atoms with E-state index in [-0.39, 0.29) is 29.8 Å². The van der Waals surface area contributed by atoms with Crippen molar-refractivity contribution in [1.29, 1.82) is 0 Å². The Labute approximate surface area is 291 Å². The number of imidazole rings is 2. The molecule has 2 saturated heterocycles. The van der Waals surface area contributed by atoms with Crippen molar-refractivity contribution in [2.75, 3.05) is 20.2 Å². The molecule has 4 heterocycles. The normalized spacial score (nSPS) is 21.5. The molecule has 3 N–H and O–H groups in total. The van der Waals surface area contributed by atoms with Crippen LogP contribution in [-0.4, -0.2) is 73.9 Å². The van der Waals surface area contributed by atoms with E-state index in [9.17, 15) is 14.4 Å². The zero-order valence-corrected chi connectivity index (χ0v) is 30.3. The number of benzene rings is 1. The van der Waals surface area contributed by atoms with E-state index >= 15 is 0 Å². The van der Waals surface area contributed by atoms with Gasteiger partial charge in [-0.2, -0.15) is 0 Å². The van der Waals surface area contributed by atoms with Crippen LogP contribution in [-0.2, 0) is 40.0 Å². The lowest BCUT2D eigenvalue weighted by Gasteiger charge is -2.30. The molecule has 49 heavy (non-hydrogen) atoms. The third-order valence-electron chi connectivity index (χ3n) is 9.91. The van der Waals surface area contributed by atoms with Crippen LogP contribution in [0.2, 0.25) is 0 Å². The number of aromatic amines is 2. The van der Waals surface area contributed by atoms with Crippen LogP contribution in [0.5, 0.6) is 0 Å². The number of hydrogen-bond acceptors (Lipinski definition) is 6. The van der Waals surface area contributed by atoms with Gasteiger partial charge in [0.25, 0.3) is 0 Å². The molecular formula is C38H55N7O4. The molecule has 3 amide bonds. The minimum absolute atomic E-state index is 0.0379. The number of hydrogen-bond donors (Lipinski definition) is 3. The van der Waals surface area contributed by atoms with E-state index in [1.165, 1.54) is 18.2 Å². The Bertz CT molecular complexity index is 1560. The molecular weight excluding hydrogens is 618 g/mol. The number of carbonyl (C=O) groups excluding carboxylic acids is 3. The van der Waals surface area contributed by atoms with E-state index in [1.807, 2.05) is 36.0 Å². The van der Waals surface area contributed by atoms with Crippen molar-refractivity contribution in [2.45, 2.75) is 105 Å². The number of H-pyrrole nitrogens is 2. The monoisotopic (exact) mass is 673 g/mol. The average molecular weight is 674 g/mol. The van der Waals surface area contributed by atoms with Crippen molar-refractivity contribution in [3.8, 4) is 0 Å². The lowest BCUT2D eigenvalue weighted by molar-refractivity contribution is -0.135. The van der Waals surface area contributed by atoms with Gasteiger partial charge in [-0.1, -0.05) is 65.8 Å². The minimum atomic E-state index is -0.659. The van der Waals surface area contributed by atoms with E-state index in [0.29, 0.717) is 30.7 Å². The van der Waals surface area contributed by atoms with Gasteiger partial charge in [0.15, 0.2) is 0 Å². The summed E-state index contributed by atoms with van der Waals surface area (Å²) < 4.78 is 4.76. The van der Waals surface area contributed by atoms with Crippen LogP contribution in [0.4, 0.5) is 4.79 Å². The van der Waals surface area contributed by atoms with Crippen molar-refractivity contribution >= 4 is 17.9 Å². The summed E-state index contributed by atoms with van der Waals surface area (Å²) in [7, 11) is 1.30. The Balaban J connectivity index is 1.13. The van der Waals surface area contributed by atoms with Gasteiger partial charge in [-0.3, -0.25) is 9.59 Å². The van der Waals surface area contributed by atoms with E-state index in [1.54, 1.807) is 0 Å². The fourth-order valence-electron chi connectivity index (χ4n) is 7.25. The van der Waals surface area contributed by atoms with E-state index in [4.69, 9.17) is 14.7 Å². The van der Waals surface area contributed by atoms with Gasteiger partial charge in [0.1, 0.15) is 17.7 Å². The minimum Gasteiger partial charge on any atom is -0.453 e. The molecule has 0 saturated carbocycles. The van der Waals surface area contributed by atoms with Crippen molar-refractivity contribution in [3.05, 3.63) is 70.8 Å². The maximum atomic E-state index is 13.6. The van der Waals surface area contributed by atoms with Gasteiger partial charge in [-0.05, 0) is 73.3 Å². The second-order valence-electron chi connectivity index (χ2n) is 15.1. The number of rotatable bonds is 13. The number of nitrogens with zero attached hydrogens (tertiary/aromatic N) is 4. The maximum Gasteiger partial charge on any atom is 0.407 e. The SMILES string of the molecule is COC(=O)N[C@H](C(=O)N1C[C@@H](C)C[C@H]1c1ncc(CCc2ccc(CCc3cnc(C4CC(C)CN4C(=O)CC(C)C)[nH]3)cc2)[nH]1)C(C)C. The first-order valence-electron chi connectivity index (χ1n) is 18.0. The third-order valence-corrected chi connectivity index (χ3v) is 9.91. The molecule has 3 aromatic rings. The maximum absolute atomic E-state index is 13.6. The molecule has 2 aliphatic rings. The third kappa shape index (κ3) is 9.10. The van der Waals surface area contributed by atoms with Gasteiger partial charge < -0.3 is 29.8 Å². The molecule has 0 spiro atoms. The largest absolute Gasteiger partial charge is 0.453 e. The van der Waals surface area contributed by atoms with Gasteiger partial charge in [0, 0.05) is 43.3 Å². The molecule has 2 aromatic heterocycles. The van der Waals surface area contributed by atoms with Gasteiger partial charge in [-0.15, -0.1) is 0 Å². The quantitative estimate of drug-likeness (QED) is 0.205. The summed E-state index contributed by atoms with van der Waals surface area (Å²) in [6.45, 7) is 13.8. The van der Waals surface area contributed by atoms with Gasteiger partial charge in [-0.25, -0.2) is 14.8 Å². The fourth-order valence-corrected chi connectivity index (χ4v) is 7.25. The van der Waals surface area contributed by atoms with Crippen molar-refractivity contribution in [1.82, 2.24) is 35.1 Å². The number of amides is 3. The Kier molecular flexibility index (Phi) is 11.8. The second kappa shape index (κ2) is 16.0. The fraction of sp³-hybridized carbons (Fsp3) is 0.605. The number of ether oxygens (including phenoxy) is 1. The Morgan fingerprint density at radius 3 is 1.78 bits per heavy atom. The number of carbonyl (C=O) groups is 3. The second-order valence-corrected chi connectivity index (χ2v) is 15.1. The summed E-state index contributed by atoms with van der Waals surface area (Å²) in [4.78, 5) is 58.7. The van der Waals surface area contributed by atoms with Crippen LogP contribution in [0.25, 0.3) is 0 Å². The molecule has 2 unspecified atom stereocenters. The highest BCUT2D eigenvalue weighted by molar-refractivity contribution is 5.86. The van der Waals surface area contributed by atoms with Crippen molar-refractivity contribution < 1.29 is 19.1 Å². The molecule has 0 bridgehead atoms. The molecule has 11 heteroatoms. The smallest absolute Gasteiger partial charge is 0.407 e. The highest BCUT2D eigenvalue weighted by atomic mass is 16.5. The van der Waals surface area contributed by atoms with Crippen LogP contribution >= 0.6 is 0 Å². The zero-order chi connectivity index (χ0) is 35.2. The predicted molar refractivity (Wildman–Crippen MR) is 189 cm³/mol. The van der Waals surface area contributed by atoms with Crippen LogP contribution in [0, 0.1) is 23.7 Å². The standard InChI is InChI=1S/C38H55N7O4/c1-23(2)16-33(46)44-21-25(5)17-31(44)35-39-19-29(41-35)14-12-27-8-10-28(11-9-27)13-15-30-20-40-36(42-30)32-18-26(6)22-45(32)37(47)34(24(3)4)43-38(48)49-7/h8-11,19-20,23-26,31-32,34H,12-18,21-22H2,1-7H3,(H,39,41)(H,40,42)(H,43,48)/t25?,26-,31?,32-,34-/m0/s1. The average Bonchev–Trinajstić information content (AvgIpc) is 3.87. The molecule has 5 rings (SSSR count). The highest BCUT2D eigenvalue weighted by Crippen LogP contribution is 2.36. The van der Waals surface area contributed by atoms with E-state index < -0.39 is 12.1 Å². The first kappa shape index (κ1) is 36.1. The number of methoxy groups -OCH3 is 1. The van der Waals surface area contributed by atoms with Crippen LogP contribution < -0.4 is 5.32 Å². The molecule has 2 aliphatic heterocycles. The number of alkyl carbamates (subject to hydrolysis) is 1. The number of aryl methyl sites for hydroxylation is 4. The first-order valence-corrected chi connectivity index (χ1v) is 18.0. The number of nitrogens with one attached hydrogen (secondary N) is 3. The van der Waals surface area contributed by atoms with Gasteiger partial charge in [0.05, 0.1) is 19.2 Å². The first-order chi connectivity index (χ1) is 23.4. The molecule has 1 aromatic carbocycles. The van der Waals surface area contributed by atoms with Crippen LogP contribution in [0.3, 0.4) is 0 Å².